The number of aliphatic carboxylic acids is 1. The first kappa shape index (κ1) is 25.1. The number of hydrogen-bond acceptors (Lipinski definition) is 4. The monoisotopic (exact) mass is 496 g/mol. The van der Waals surface area contributed by atoms with Crippen molar-refractivity contribution >= 4 is 28.6 Å². The van der Waals surface area contributed by atoms with Crippen LogP contribution in [0.5, 0.6) is 5.75 Å². The number of ether oxygens (including phenoxy) is 1. The van der Waals surface area contributed by atoms with Gasteiger partial charge in [-0.1, -0.05) is 30.3 Å². The van der Waals surface area contributed by atoms with Crippen molar-refractivity contribution < 1.29 is 33.0 Å². The van der Waals surface area contributed by atoms with Gasteiger partial charge < -0.3 is 20.5 Å². The SMILES string of the molecule is O=C(NCCNC(=O)c1cc(F)c(O[C@H]2CC[C@H](C(=O)O)CC2)cc1F)c1ccc2ccccc2c1. The van der Waals surface area contributed by atoms with Gasteiger partial charge in [-0.3, -0.25) is 14.4 Å². The molecule has 0 spiro atoms. The largest absolute Gasteiger partial charge is 0.487 e. The number of carbonyl (C=O) groups excluding carboxylic acids is 2. The second-order valence-electron chi connectivity index (χ2n) is 8.77. The van der Waals surface area contributed by atoms with E-state index in [2.05, 4.69) is 10.6 Å². The zero-order valence-corrected chi connectivity index (χ0v) is 19.4. The van der Waals surface area contributed by atoms with Crippen molar-refractivity contribution in [1.82, 2.24) is 10.6 Å². The van der Waals surface area contributed by atoms with Gasteiger partial charge in [-0.25, -0.2) is 8.78 Å². The fourth-order valence-electron chi connectivity index (χ4n) is 4.28. The summed E-state index contributed by atoms with van der Waals surface area (Å²) in [6, 6.07) is 14.6. The van der Waals surface area contributed by atoms with Crippen LogP contribution in [-0.2, 0) is 4.79 Å². The zero-order chi connectivity index (χ0) is 25.7. The average Bonchev–Trinajstić information content (AvgIpc) is 2.88. The number of carboxylic acid groups (broad SMARTS) is 1. The van der Waals surface area contributed by atoms with Gasteiger partial charge in [0, 0.05) is 24.7 Å². The molecular weight excluding hydrogens is 470 g/mol. The second kappa shape index (κ2) is 11.2. The normalized spacial score (nSPS) is 17.4. The first-order chi connectivity index (χ1) is 17.3. The molecule has 0 atom stereocenters. The number of hydrogen-bond donors (Lipinski definition) is 3. The molecule has 1 fully saturated rings. The average molecular weight is 497 g/mol. The zero-order valence-electron chi connectivity index (χ0n) is 19.4. The predicted octanol–water partition coefficient (Wildman–Crippen LogP) is 4.30. The Kier molecular flexibility index (Phi) is 7.77. The first-order valence-corrected chi connectivity index (χ1v) is 11.8. The van der Waals surface area contributed by atoms with E-state index in [1.807, 2.05) is 30.3 Å². The highest BCUT2D eigenvalue weighted by molar-refractivity contribution is 5.98. The topological polar surface area (TPSA) is 105 Å². The highest BCUT2D eigenvalue weighted by Crippen LogP contribution is 2.30. The standard InChI is InChI=1S/C27H26F2N2O5/c28-22-15-24(36-20-9-7-17(8-10-20)27(34)35)23(29)14-21(22)26(33)31-12-11-30-25(32)19-6-5-16-3-1-2-4-18(16)13-19/h1-6,13-15,17,20H,7-12H2,(H,30,32)(H,31,33)(H,34,35)/t17-,20-. The number of halogens is 2. The van der Waals surface area contributed by atoms with Crippen LogP contribution in [0.25, 0.3) is 10.8 Å². The summed E-state index contributed by atoms with van der Waals surface area (Å²) in [6.07, 6.45) is 1.24. The van der Waals surface area contributed by atoms with Crippen molar-refractivity contribution in [3.05, 3.63) is 77.4 Å². The fraction of sp³-hybridized carbons (Fsp3) is 0.296. The van der Waals surface area contributed by atoms with Gasteiger partial charge in [-0.2, -0.15) is 0 Å². The molecule has 2 amide bonds. The Labute approximate surface area is 206 Å². The van der Waals surface area contributed by atoms with Crippen molar-refractivity contribution in [3.63, 3.8) is 0 Å². The van der Waals surface area contributed by atoms with Crippen molar-refractivity contribution in [2.75, 3.05) is 13.1 Å². The molecule has 0 bridgehead atoms. The van der Waals surface area contributed by atoms with Crippen LogP contribution in [0.4, 0.5) is 8.78 Å². The molecule has 3 N–H and O–H groups in total. The van der Waals surface area contributed by atoms with Gasteiger partial charge in [0.1, 0.15) is 5.82 Å². The lowest BCUT2D eigenvalue weighted by Gasteiger charge is -2.27. The summed E-state index contributed by atoms with van der Waals surface area (Å²) in [7, 11) is 0. The Balaban J connectivity index is 1.27. The number of amides is 2. The van der Waals surface area contributed by atoms with Crippen LogP contribution in [-0.4, -0.2) is 42.1 Å². The lowest BCUT2D eigenvalue weighted by atomic mass is 9.87. The molecule has 1 aliphatic rings. The molecule has 0 saturated heterocycles. The number of fused-ring (bicyclic) bond motifs is 1. The van der Waals surface area contributed by atoms with E-state index in [4.69, 9.17) is 9.84 Å². The lowest BCUT2D eigenvalue weighted by Crippen LogP contribution is -2.35. The van der Waals surface area contributed by atoms with Crippen LogP contribution in [0.1, 0.15) is 46.4 Å². The molecule has 3 aromatic rings. The summed E-state index contributed by atoms with van der Waals surface area (Å²) in [5.41, 5.74) is -0.00420. The maximum Gasteiger partial charge on any atom is 0.306 e. The van der Waals surface area contributed by atoms with Crippen molar-refractivity contribution in [1.29, 1.82) is 0 Å². The highest BCUT2D eigenvalue weighted by Gasteiger charge is 2.28. The molecule has 188 valence electrons. The quantitative estimate of drug-likeness (QED) is 0.404. The van der Waals surface area contributed by atoms with Crippen LogP contribution < -0.4 is 15.4 Å². The van der Waals surface area contributed by atoms with Gasteiger partial charge in [-0.15, -0.1) is 0 Å². The van der Waals surface area contributed by atoms with E-state index in [1.165, 1.54) is 0 Å². The third kappa shape index (κ3) is 5.97. The Morgan fingerprint density at radius 3 is 2.19 bits per heavy atom. The lowest BCUT2D eigenvalue weighted by molar-refractivity contribution is -0.143. The third-order valence-electron chi connectivity index (χ3n) is 6.29. The van der Waals surface area contributed by atoms with Gasteiger partial charge in [0.2, 0.25) is 0 Å². The number of rotatable bonds is 8. The van der Waals surface area contributed by atoms with Crippen molar-refractivity contribution in [3.8, 4) is 5.75 Å². The van der Waals surface area contributed by atoms with E-state index < -0.39 is 41.1 Å². The molecule has 0 unspecified atom stereocenters. The number of nitrogens with one attached hydrogen (secondary N) is 2. The summed E-state index contributed by atoms with van der Waals surface area (Å²) in [5.74, 6) is -4.59. The van der Waals surface area contributed by atoms with Gasteiger partial charge >= 0.3 is 5.97 Å². The molecule has 1 saturated carbocycles. The maximum absolute atomic E-state index is 14.5. The molecule has 7 nitrogen and oxygen atoms in total. The van der Waals surface area contributed by atoms with Gasteiger partial charge in [0.15, 0.2) is 11.6 Å². The number of carboxylic acids is 1. The molecule has 36 heavy (non-hydrogen) atoms. The number of benzene rings is 3. The highest BCUT2D eigenvalue weighted by atomic mass is 19.1. The van der Waals surface area contributed by atoms with E-state index >= 15 is 0 Å². The Morgan fingerprint density at radius 2 is 1.50 bits per heavy atom. The van der Waals surface area contributed by atoms with E-state index in [0.717, 1.165) is 22.9 Å². The second-order valence-corrected chi connectivity index (χ2v) is 8.77. The summed E-state index contributed by atoms with van der Waals surface area (Å²) in [4.78, 5) is 35.8. The van der Waals surface area contributed by atoms with Gasteiger partial charge in [-0.05, 0) is 54.7 Å². The van der Waals surface area contributed by atoms with E-state index in [-0.39, 0.29) is 24.7 Å². The van der Waals surface area contributed by atoms with Gasteiger partial charge in [0.05, 0.1) is 17.6 Å². The summed E-state index contributed by atoms with van der Waals surface area (Å²) >= 11 is 0. The Bertz CT molecular complexity index is 1290. The molecule has 3 aromatic carbocycles. The van der Waals surface area contributed by atoms with E-state index in [1.54, 1.807) is 12.1 Å². The smallest absolute Gasteiger partial charge is 0.306 e. The van der Waals surface area contributed by atoms with Crippen LogP contribution in [0.15, 0.2) is 54.6 Å². The fourth-order valence-corrected chi connectivity index (χ4v) is 4.28. The minimum atomic E-state index is -0.941. The van der Waals surface area contributed by atoms with Crippen molar-refractivity contribution in [2.24, 2.45) is 5.92 Å². The Morgan fingerprint density at radius 1 is 0.833 bits per heavy atom. The summed E-state index contributed by atoms with van der Waals surface area (Å²) < 4.78 is 34.6. The van der Waals surface area contributed by atoms with Crippen LogP contribution in [0.3, 0.4) is 0 Å². The molecule has 0 radical (unpaired) electrons. The Hall–Kier alpha value is -4.01. The van der Waals surface area contributed by atoms with Crippen LogP contribution >= 0.6 is 0 Å². The van der Waals surface area contributed by atoms with E-state index in [9.17, 15) is 23.2 Å². The van der Waals surface area contributed by atoms with Gasteiger partial charge in [0.25, 0.3) is 11.8 Å². The van der Waals surface area contributed by atoms with Crippen LogP contribution in [0.2, 0.25) is 0 Å². The molecule has 4 rings (SSSR count). The molecular formula is C27H26F2N2O5. The minimum absolute atomic E-state index is 0.0181. The molecule has 1 aliphatic carbocycles. The molecule has 0 aromatic heterocycles. The molecule has 9 heteroatoms. The summed E-state index contributed by atoms with van der Waals surface area (Å²) in [5, 5.41) is 16.1. The third-order valence-corrected chi connectivity index (χ3v) is 6.29. The first-order valence-electron chi connectivity index (χ1n) is 11.8. The molecule has 0 heterocycles. The predicted molar refractivity (Wildman–Crippen MR) is 129 cm³/mol. The van der Waals surface area contributed by atoms with Crippen LogP contribution in [0, 0.1) is 17.6 Å². The summed E-state index contributed by atoms with van der Waals surface area (Å²) in [6.45, 7) is 0.117. The van der Waals surface area contributed by atoms with E-state index in [0.29, 0.717) is 31.2 Å². The van der Waals surface area contributed by atoms with Crippen molar-refractivity contribution in [2.45, 2.75) is 31.8 Å². The molecule has 0 aliphatic heterocycles. The minimum Gasteiger partial charge on any atom is -0.487 e. The number of carbonyl (C=O) groups is 3. The maximum atomic E-state index is 14.5.